The SMILES string of the molecule is CC.C[C@@H](C(=O)N[C@H]1CCS[C@H]2CC[C@@H](C(=O)N[C@@H]3CCCc4ccccc43)N2C1=O)N(C)C(=O)OC(C)(C)C.C[C@@H](C(=O)N[C@H]1CCS[C@H]2CC[C@H](C(=O)N[C@@H]3CCCc4ccccc43)N2C1=O)N(C)C(=O)OC(C)(C)C.N[C@H]1CCS[C@H]2CCC(C(=O)N[C@@H]3CCCc4ccccc43)N2C1=O. The van der Waals surface area contributed by atoms with Crippen molar-refractivity contribution in [3.05, 3.63) is 106 Å². The average Bonchev–Trinajstić information content (AvgIpc) is 1.68. The third kappa shape index (κ3) is 19.9. The van der Waals surface area contributed by atoms with E-state index in [0.717, 1.165) is 100 Å². The fraction of sp³-hybridized carbons (Fsp3) is 0.636. The molecule has 0 aromatic heterocycles. The van der Waals surface area contributed by atoms with Gasteiger partial charge in [0.15, 0.2) is 0 Å². The molecule has 3 aromatic rings. The number of amides is 10. The maximum Gasteiger partial charge on any atom is 0.410 e. The van der Waals surface area contributed by atoms with Crippen LogP contribution in [0.3, 0.4) is 0 Å². The minimum Gasteiger partial charge on any atom is -0.444 e. The van der Waals surface area contributed by atoms with Crippen LogP contribution in [0, 0.1) is 0 Å². The number of nitrogens with zero attached hydrogens (tertiary/aromatic N) is 5. The molecular weight excluding hydrogens is 1370 g/mol. The van der Waals surface area contributed by atoms with Gasteiger partial charge in [-0.15, -0.1) is 35.3 Å². The molecule has 12 rings (SSSR count). The van der Waals surface area contributed by atoms with Crippen LogP contribution in [0.2, 0.25) is 0 Å². The molecule has 103 heavy (non-hydrogen) atoms. The largest absolute Gasteiger partial charge is 0.444 e. The fourth-order valence-electron chi connectivity index (χ4n) is 15.1. The number of benzene rings is 3. The lowest BCUT2D eigenvalue weighted by Crippen LogP contribution is -2.57. The summed E-state index contributed by atoms with van der Waals surface area (Å²) in [4.78, 5) is 139. The first-order valence-electron chi connectivity index (χ1n) is 37.3. The molecule has 3 aromatic carbocycles. The van der Waals surface area contributed by atoms with E-state index in [2.05, 4.69) is 69.0 Å². The number of nitrogens with two attached hydrogens (primary N) is 1. The fourth-order valence-corrected chi connectivity index (χ4v) is 19.2. The highest BCUT2D eigenvalue weighted by molar-refractivity contribution is 8.00. The van der Waals surface area contributed by atoms with Gasteiger partial charge in [-0.25, -0.2) is 9.59 Å². The Balaban J connectivity index is 0.000000181. The standard InChI is InChI=1S/2C28H40N4O5S.C19H25N3O2S.C2H6/c2*1-17(31(5)27(36)37-28(2,3)4)24(33)30-21-15-16-38-23-14-13-22(32(23)26(21)35)25(34)29-20-12-8-10-18-9-6-7-11-19(18)20;20-14-10-11-25-17-9-8-16(22(17)19(14)24)18(23)21-15-7-3-5-12-4-1-2-6-13(12)15;1-2/h2*6-7,9,11,17,20-23H,8,10,12-16H2,1-5H3,(H,29,34)(H,30,33);1-2,4,6,14-17H,3,5,7-11,20H2,(H,21,23);1-2H3/t17-,20+,21-,22+,23-;17-,20+,21-,22-,23-;14-,15+,16?,17-;/m000./s1. The summed E-state index contributed by atoms with van der Waals surface area (Å²) in [6.45, 7) is 17.8. The van der Waals surface area contributed by atoms with Crippen LogP contribution in [-0.2, 0) is 67.1 Å². The second-order valence-corrected chi connectivity index (χ2v) is 33.9. The van der Waals surface area contributed by atoms with Gasteiger partial charge >= 0.3 is 12.2 Å². The first-order chi connectivity index (χ1) is 49.1. The zero-order chi connectivity index (χ0) is 74.6. The summed E-state index contributed by atoms with van der Waals surface area (Å²) in [5.41, 5.74) is 12.0. The Bertz CT molecular complexity index is 3370. The molecule has 0 radical (unpaired) electrons. The summed E-state index contributed by atoms with van der Waals surface area (Å²) in [6, 6.07) is 19.6. The molecule has 6 heterocycles. The van der Waals surface area contributed by atoms with Crippen molar-refractivity contribution in [1.29, 1.82) is 0 Å². The Morgan fingerprint density at radius 3 is 1.06 bits per heavy atom. The minimum atomic E-state index is -0.826. The summed E-state index contributed by atoms with van der Waals surface area (Å²) in [5.74, 6) is 0.600. The van der Waals surface area contributed by atoms with E-state index in [1.54, 1.807) is 105 Å². The van der Waals surface area contributed by atoms with Gasteiger partial charge < -0.3 is 56.5 Å². The topological polar surface area (TPSA) is 292 Å². The van der Waals surface area contributed by atoms with Crippen molar-refractivity contribution in [3.63, 3.8) is 0 Å². The molecule has 10 amide bonds. The average molecular weight is 1480 g/mol. The van der Waals surface area contributed by atoms with Crippen LogP contribution in [0.15, 0.2) is 72.8 Å². The molecule has 564 valence electrons. The Morgan fingerprint density at radius 2 is 0.738 bits per heavy atom. The van der Waals surface area contributed by atoms with E-state index < -0.39 is 77.5 Å². The number of carbonyl (C=O) groups is 10. The predicted octanol–water partition coefficient (Wildman–Crippen LogP) is 9.74. The molecule has 26 heteroatoms. The lowest BCUT2D eigenvalue weighted by Gasteiger charge is -2.33. The van der Waals surface area contributed by atoms with E-state index in [0.29, 0.717) is 43.6 Å². The number of rotatable bonds is 12. The van der Waals surface area contributed by atoms with Gasteiger partial charge in [0.2, 0.25) is 47.3 Å². The van der Waals surface area contributed by atoms with Crippen molar-refractivity contribution >= 4 is 94.7 Å². The zero-order valence-electron chi connectivity index (χ0n) is 62.3. The van der Waals surface area contributed by atoms with Gasteiger partial charge in [-0.05, 0) is 222 Å². The third-order valence-corrected chi connectivity index (χ3v) is 24.7. The minimum absolute atomic E-state index is 0.0211. The Labute approximate surface area is 621 Å². The van der Waals surface area contributed by atoms with Gasteiger partial charge in [-0.1, -0.05) is 86.6 Å². The molecule has 0 saturated carbocycles. The van der Waals surface area contributed by atoms with E-state index in [1.165, 1.54) is 46.1 Å². The molecule has 9 aliphatic rings. The van der Waals surface area contributed by atoms with E-state index in [4.69, 9.17) is 15.2 Å². The molecule has 3 aliphatic carbocycles. The number of fused-ring (bicyclic) bond motifs is 6. The summed E-state index contributed by atoms with van der Waals surface area (Å²) in [6.07, 6.45) is 13.6. The monoisotopic (exact) mass is 1480 g/mol. The molecule has 7 N–H and O–H groups in total. The van der Waals surface area contributed by atoms with Crippen LogP contribution in [0.1, 0.15) is 217 Å². The van der Waals surface area contributed by atoms with Gasteiger partial charge in [-0.3, -0.25) is 48.2 Å². The van der Waals surface area contributed by atoms with Gasteiger partial charge in [0.1, 0.15) is 53.5 Å². The van der Waals surface area contributed by atoms with Crippen LogP contribution in [0.25, 0.3) is 0 Å². The third-order valence-electron chi connectivity index (χ3n) is 20.7. The summed E-state index contributed by atoms with van der Waals surface area (Å²) < 4.78 is 10.7. The molecule has 1 unspecified atom stereocenters. The van der Waals surface area contributed by atoms with E-state index in [9.17, 15) is 47.9 Å². The number of likely N-dealkylation sites (N-methyl/N-ethyl adjacent to an activating group) is 2. The van der Waals surface area contributed by atoms with Gasteiger partial charge in [0.05, 0.1) is 40.3 Å². The summed E-state index contributed by atoms with van der Waals surface area (Å²) in [5, 5.41) is 15.3. The summed E-state index contributed by atoms with van der Waals surface area (Å²) >= 11 is 5.08. The van der Waals surface area contributed by atoms with Gasteiger partial charge in [0.25, 0.3) is 0 Å². The molecule has 6 saturated heterocycles. The second-order valence-electron chi connectivity index (χ2n) is 30.1. The summed E-state index contributed by atoms with van der Waals surface area (Å²) in [7, 11) is 3.01. The number of thioether (sulfide) groups is 3. The van der Waals surface area contributed by atoms with Crippen molar-refractivity contribution in [2.75, 3.05) is 31.4 Å². The number of carbonyl (C=O) groups excluding carboxylic acids is 10. The second kappa shape index (κ2) is 35.8. The number of aryl methyl sites for hydroxylation is 3. The highest BCUT2D eigenvalue weighted by atomic mass is 32.2. The van der Waals surface area contributed by atoms with Crippen LogP contribution < -0.4 is 32.3 Å². The van der Waals surface area contributed by atoms with Crippen LogP contribution in [-0.4, -0.2) is 191 Å². The normalized spacial score (nSPS) is 26.9. The Kier molecular flexibility index (Phi) is 27.9. The predicted molar refractivity (Wildman–Crippen MR) is 403 cm³/mol. The quantitative estimate of drug-likeness (QED) is 0.0983. The first-order valence-corrected chi connectivity index (χ1v) is 40.5. The van der Waals surface area contributed by atoms with Crippen molar-refractivity contribution in [2.45, 2.75) is 279 Å². The molecule has 6 aliphatic heterocycles. The van der Waals surface area contributed by atoms with E-state index in [1.807, 2.05) is 44.2 Å². The Morgan fingerprint density at radius 1 is 0.437 bits per heavy atom. The zero-order valence-corrected chi connectivity index (χ0v) is 64.7. The van der Waals surface area contributed by atoms with Crippen LogP contribution in [0.4, 0.5) is 9.59 Å². The Hall–Kier alpha value is -7.03. The first kappa shape index (κ1) is 80.1. The maximum absolute atomic E-state index is 13.7. The number of hydrogen-bond donors (Lipinski definition) is 6. The lowest BCUT2D eigenvalue weighted by molar-refractivity contribution is -0.142. The number of ether oxygens (including phenoxy) is 2. The molecular formula is C77H111N11O12S3. The maximum atomic E-state index is 13.7. The van der Waals surface area contributed by atoms with Crippen LogP contribution >= 0.6 is 35.3 Å². The molecule has 6 fully saturated rings. The van der Waals surface area contributed by atoms with Crippen LogP contribution in [0.5, 0.6) is 0 Å². The molecule has 23 nitrogen and oxygen atoms in total. The molecule has 0 spiro atoms. The van der Waals surface area contributed by atoms with Gasteiger partial charge in [0, 0.05) is 14.1 Å². The number of hydrogen-bond acceptors (Lipinski definition) is 16. The number of nitrogens with one attached hydrogen (secondary N) is 5. The van der Waals surface area contributed by atoms with Crippen molar-refractivity contribution in [2.24, 2.45) is 5.73 Å². The van der Waals surface area contributed by atoms with Crippen molar-refractivity contribution in [3.8, 4) is 0 Å². The molecule has 14 atom stereocenters. The van der Waals surface area contributed by atoms with E-state index in [-0.39, 0.29) is 75.7 Å². The highest BCUT2D eigenvalue weighted by Crippen LogP contribution is 2.41. The molecule has 0 bridgehead atoms. The highest BCUT2D eigenvalue weighted by Gasteiger charge is 2.49. The van der Waals surface area contributed by atoms with Crippen molar-refractivity contribution < 1.29 is 57.4 Å². The smallest absolute Gasteiger partial charge is 0.410 e. The van der Waals surface area contributed by atoms with E-state index >= 15 is 0 Å². The van der Waals surface area contributed by atoms with Crippen molar-refractivity contribution in [1.82, 2.24) is 51.1 Å². The lowest BCUT2D eigenvalue weighted by atomic mass is 9.87. The van der Waals surface area contributed by atoms with Gasteiger partial charge in [-0.2, -0.15) is 0 Å².